The number of aryl methyl sites for hydroxylation is 1. The van der Waals surface area contributed by atoms with Crippen LogP contribution in [-0.4, -0.2) is 16.8 Å². The van der Waals surface area contributed by atoms with Gasteiger partial charge < -0.3 is 5.32 Å². The highest BCUT2D eigenvalue weighted by Gasteiger charge is 2.17. The molecular formula is C11H14ClN3S. The molecule has 0 saturated heterocycles. The highest BCUT2D eigenvalue weighted by molar-refractivity contribution is 7.16. The molecule has 0 aromatic carbocycles. The molecule has 2 aromatic heterocycles. The fourth-order valence-electron chi connectivity index (χ4n) is 1.77. The molecule has 3 nitrogen and oxygen atoms in total. The molecular weight excluding hydrogens is 242 g/mol. The Bertz CT molecular complexity index is 463. The first kappa shape index (κ1) is 11.6. The van der Waals surface area contributed by atoms with Gasteiger partial charge in [0, 0.05) is 17.6 Å². The lowest BCUT2D eigenvalue weighted by atomic mass is 10.1. The van der Waals surface area contributed by atoms with Crippen LogP contribution in [0.4, 0.5) is 0 Å². The Balaban J connectivity index is 2.36. The number of hydrogen-bond donors (Lipinski definition) is 1. The molecule has 0 radical (unpaired) electrons. The molecule has 5 heteroatoms. The smallest absolute Gasteiger partial charge is 0.0931 e. The van der Waals surface area contributed by atoms with Crippen LogP contribution in [0.2, 0.25) is 4.34 Å². The quantitative estimate of drug-likeness (QED) is 0.911. The number of halogens is 1. The van der Waals surface area contributed by atoms with Crippen LogP contribution in [0.5, 0.6) is 0 Å². The highest BCUT2D eigenvalue weighted by atomic mass is 35.5. The summed E-state index contributed by atoms with van der Waals surface area (Å²) < 4.78 is 2.81. The van der Waals surface area contributed by atoms with E-state index >= 15 is 0 Å². The topological polar surface area (TPSA) is 29.9 Å². The van der Waals surface area contributed by atoms with Gasteiger partial charge in [0.1, 0.15) is 0 Å². The van der Waals surface area contributed by atoms with Gasteiger partial charge in [0.05, 0.1) is 16.1 Å². The summed E-state index contributed by atoms with van der Waals surface area (Å²) in [6.45, 7) is 2.96. The number of aromatic nitrogens is 2. The Kier molecular flexibility index (Phi) is 3.63. The fourth-order valence-corrected chi connectivity index (χ4v) is 2.96. The minimum absolute atomic E-state index is 0.167. The number of nitrogens with zero attached hydrogens (tertiary/aromatic N) is 2. The number of thiophene rings is 1. The Morgan fingerprint density at radius 2 is 2.31 bits per heavy atom. The maximum Gasteiger partial charge on any atom is 0.0931 e. The second-order valence-electron chi connectivity index (χ2n) is 3.44. The zero-order valence-electron chi connectivity index (χ0n) is 9.27. The third kappa shape index (κ3) is 2.14. The Morgan fingerprint density at radius 1 is 1.50 bits per heavy atom. The van der Waals surface area contributed by atoms with Crippen LogP contribution in [0.15, 0.2) is 24.4 Å². The van der Waals surface area contributed by atoms with Gasteiger partial charge in [0.2, 0.25) is 0 Å². The number of hydrogen-bond acceptors (Lipinski definition) is 3. The van der Waals surface area contributed by atoms with Crippen LogP contribution in [0.1, 0.15) is 23.5 Å². The van der Waals surface area contributed by atoms with E-state index in [1.807, 2.05) is 30.1 Å². The molecule has 2 aromatic rings. The van der Waals surface area contributed by atoms with Crippen LogP contribution in [0.3, 0.4) is 0 Å². The van der Waals surface area contributed by atoms with Gasteiger partial charge >= 0.3 is 0 Å². The first-order valence-electron chi connectivity index (χ1n) is 5.20. The molecule has 0 spiro atoms. The number of rotatable bonds is 4. The fraction of sp³-hybridized carbons (Fsp3) is 0.364. The zero-order chi connectivity index (χ0) is 11.5. The predicted molar refractivity (Wildman–Crippen MR) is 68.1 cm³/mol. The van der Waals surface area contributed by atoms with Gasteiger partial charge in [-0.25, -0.2) is 0 Å². The second kappa shape index (κ2) is 4.99. The summed E-state index contributed by atoms with van der Waals surface area (Å²) in [7, 11) is 1.95. The Morgan fingerprint density at radius 3 is 2.88 bits per heavy atom. The van der Waals surface area contributed by atoms with E-state index in [-0.39, 0.29) is 6.04 Å². The molecule has 0 bridgehead atoms. The van der Waals surface area contributed by atoms with Gasteiger partial charge in [-0.2, -0.15) is 5.10 Å². The minimum Gasteiger partial charge on any atom is -0.307 e. The van der Waals surface area contributed by atoms with E-state index in [1.54, 1.807) is 11.3 Å². The normalized spacial score (nSPS) is 12.9. The SMILES string of the molecule is CCn1nccc1C(NC)c1ccc(Cl)s1. The molecule has 16 heavy (non-hydrogen) atoms. The summed E-state index contributed by atoms with van der Waals surface area (Å²) >= 11 is 7.56. The van der Waals surface area contributed by atoms with Crippen molar-refractivity contribution >= 4 is 22.9 Å². The van der Waals surface area contributed by atoms with E-state index in [9.17, 15) is 0 Å². The van der Waals surface area contributed by atoms with Crippen molar-refractivity contribution in [3.63, 3.8) is 0 Å². The summed E-state index contributed by atoms with van der Waals surface area (Å²) in [5.74, 6) is 0. The minimum atomic E-state index is 0.167. The van der Waals surface area contributed by atoms with Gasteiger partial charge in [-0.3, -0.25) is 4.68 Å². The zero-order valence-corrected chi connectivity index (χ0v) is 10.8. The van der Waals surface area contributed by atoms with Crippen LogP contribution in [0, 0.1) is 0 Å². The van der Waals surface area contributed by atoms with Crippen molar-refractivity contribution in [2.24, 2.45) is 0 Å². The van der Waals surface area contributed by atoms with E-state index < -0.39 is 0 Å². The van der Waals surface area contributed by atoms with E-state index in [0.29, 0.717) is 0 Å². The summed E-state index contributed by atoms with van der Waals surface area (Å²) in [5.41, 5.74) is 1.17. The molecule has 0 fully saturated rings. The lowest BCUT2D eigenvalue weighted by Crippen LogP contribution is -2.20. The standard InChI is InChI=1S/C11H14ClN3S/c1-3-15-8(6-7-14-15)11(13-2)9-4-5-10(12)16-9/h4-7,11,13H,3H2,1-2H3. The molecule has 1 unspecified atom stereocenters. The highest BCUT2D eigenvalue weighted by Crippen LogP contribution is 2.30. The maximum absolute atomic E-state index is 5.96. The van der Waals surface area contributed by atoms with Crippen molar-refractivity contribution in [1.82, 2.24) is 15.1 Å². The van der Waals surface area contributed by atoms with E-state index in [0.717, 1.165) is 10.9 Å². The van der Waals surface area contributed by atoms with Gasteiger partial charge in [0.25, 0.3) is 0 Å². The second-order valence-corrected chi connectivity index (χ2v) is 5.18. The Labute approximate surface area is 104 Å². The predicted octanol–water partition coefficient (Wildman–Crippen LogP) is 2.93. The van der Waals surface area contributed by atoms with Crippen LogP contribution in [-0.2, 0) is 6.54 Å². The summed E-state index contributed by atoms with van der Waals surface area (Å²) in [6, 6.07) is 6.19. The summed E-state index contributed by atoms with van der Waals surface area (Å²) in [4.78, 5) is 1.21. The molecule has 0 aliphatic heterocycles. The molecule has 1 atom stereocenters. The molecule has 2 heterocycles. The van der Waals surface area contributed by atoms with E-state index in [2.05, 4.69) is 23.4 Å². The molecule has 0 amide bonds. The molecule has 0 aliphatic rings. The van der Waals surface area contributed by atoms with Gasteiger partial charge in [-0.05, 0) is 32.2 Å². The average molecular weight is 256 g/mol. The van der Waals surface area contributed by atoms with E-state index in [1.165, 1.54) is 10.6 Å². The van der Waals surface area contributed by atoms with Crippen molar-refractivity contribution in [2.75, 3.05) is 7.05 Å². The molecule has 0 saturated carbocycles. The monoisotopic (exact) mass is 255 g/mol. The summed E-state index contributed by atoms with van der Waals surface area (Å²) in [5, 5.41) is 7.58. The molecule has 2 rings (SSSR count). The van der Waals surface area contributed by atoms with Crippen molar-refractivity contribution < 1.29 is 0 Å². The lowest BCUT2D eigenvalue weighted by molar-refractivity contribution is 0.567. The van der Waals surface area contributed by atoms with Crippen LogP contribution >= 0.6 is 22.9 Å². The third-order valence-electron chi connectivity index (χ3n) is 2.51. The van der Waals surface area contributed by atoms with Crippen molar-refractivity contribution in [3.05, 3.63) is 39.3 Å². The van der Waals surface area contributed by atoms with E-state index in [4.69, 9.17) is 11.6 Å². The van der Waals surface area contributed by atoms with Gasteiger partial charge in [-0.15, -0.1) is 11.3 Å². The first-order valence-corrected chi connectivity index (χ1v) is 6.40. The lowest BCUT2D eigenvalue weighted by Gasteiger charge is -2.15. The Hall–Kier alpha value is -0.840. The summed E-state index contributed by atoms with van der Waals surface area (Å²) in [6.07, 6.45) is 1.83. The first-order chi connectivity index (χ1) is 7.76. The van der Waals surface area contributed by atoms with Crippen LogP contribution in [0.25, 0.3) is 0 Å². The number of nitrogens with one attached hydrogen (secondary N) is 1. The van der Waals surface area contributed by atoms with Crippen molar-refractivity contribution in [2.45, 2.75) is 19.5 Å². The van der Waals surface area contributed by atoms with Crippen LogP contribution < -0.4 is 5.32 Å². The van der Waals surface area contributed by atoms with Gasteiger partial charge in [0.15, 0.2) is 0 Å². The third-order valence-corrected chi connectivity index (χ3v) is 3.81. The average Bonchev–Trinajstić information content (AvgIpc) is 2.89. The molecule has 1 N–H and O–H groups in total. The van der Waals surface area contributed by atoms with Crippen molar-refractivity contribution in [1.29, 1.82) is 0 Å². The largest absolute Gasteiger partial charge is 0.307 e. The van der Waals surface area contributed by atoms with Gasteiger partial charge in [-0.1, -0.05) is 11.6 Å². The molecule has 0 aliphatic carbocycles. The maximum atomic E-state index is 5.96. The molecule has 86 valence electrons. The van der Waals surface area contributed by atoms with Crippen molar-refractivity contribution in [3.8, 4) is 0 Å².